The van der Waals surface area contributed by atoms with Crippen molar-refractivity contribution in [3.8, 4) is 0 Å². The van der Waals surface area contributed by atoms with Gasteiger partial charge in [-0.2, -0.15) is 0 Å². The fourth-order valence-electron chi connectivity index (χ4n) is 8.50. The Morgan fingerprint density at radius 1 is 0.302 bits per heavy atom. The molecular formula is C57H108O6. The summed E-state index contributed by atoms with van der Waals surface area (Å²) in [5.74, 6) is -0.853. The average molecular weight is 889 g/mol. The summed E-state index contributed by atoms with van der Waals surface area (Å²) in [5, 5.41) is 0. The molecule has 0 saturated carbocycles. The molecule has 0 heterocycles. The van der Waals surface area contributed by atoms with Crippen LogP contribution in [-0.2, 0) is 28.6 Å². The normalized spacial score (nSPS) is 12.0. The first-order valence-electron chi connectivity index (χ1n) is 28.2. The molecule has 0 aromatic rings. The number of unbranched alkanes of at least 4 members (excludes halogenated alkanes) is 39. The molecule has 0 unspecified atom stereocenters. The van der Waals surface area contributed by atoms with E-state index in [1.165, 1.54) is 212 Å². The van der Waals surface area contributed by atoms with Crippen molar-refractivity contribution in [3.05, 3.63) is 12.2 Å². The minimum Gasteiger partial charge on any atom is -0.462 e. The lowest BCUT2D eigenvalue weighted by Crippen LogP contribution is -2.30. The highest BCUT2D eigenvalue weighted by molar-refractivity contribution is 5.71. The maximum Gasteiger partial charge on any atom is 0.306 e. The van der Waals surface area contributed by atoms with Crippen LogP contribution in [0.4, 0.5) is 0 Å². The van der Waals surface area contributed by atoms with Gasteiger partial charge in [0, 0.05) is 19.3 Å². The van der Waals surface area contributed by atoms with Crippen molar-refractivity contribution in [2.24, 2.45) is 0 Å². The van der Waals surface area contributed by atoms with Gasteiger partial charge in [0.1, 0.15) is 13.2 Å². The van der Waals surface area contributed by atoms with Crippen molar-refractivity contribution < 1.29 is 28.6 Å². The van der Waals surface area contributed by atoms with Gasteiger partial charge >= 0.3 is 17.9 Å². The van der Waals surface area contributed by atoms with Crippen molar-refractivity contribution >= 4 is 17.9 Å². The van der Waals surface area contributed by atoms with E-state index in [2.05, 4.69) is 32.9 Å². The molecule has 0 rings (SSSR count). The molecule has 6 nitrogen and oxygen atoms in total. The second kappa shape index (κ2) is 52.8. The Labute approximate surface area is 392 Å². The Morgan fingerprint density at radius 2 is 0.524 bits per heavy atom. The molecule has 0 radical (unpaired) electrons. The first-order valence-corrected chi connectivity index (χ1v) is 28.2. The van der Waals surface area contributed by atoms with Crippen LogP contribution in [-0.4, -0.2) is 37.2 Å². The number of hydrogen-bond acceptors (Lipinski definition) is 6. The zero-order chi connectivity index (χ0) is 45.8. The predicted octanol–water partition coefficient (Wildman–Crippen LogP) is 18.5. The summed E-state index contributed by atoms with van der Waals surface area (Å²) in [6, 6.07) is 0. The lowest BCUT2D eigenvalue weighted by atomic mass is 10.0. The topological polar surface area (TPSA) is 78.9 Å². The molecule has 0 bridgehead atoms. The maximum absolute atomic E-state index is 12.8. The molecule has 6 heteroatoms. The lowest BCUT2D eigenvalue weighted by molar-refractivity contribution is -0.167. The number of esters is 3. The highest BCUT2D eigenvalue weighted by Gasteiger charge is 2.19. The predicted molar refractivity (Wildman–Crippen MR) is 270 cm³/mol. The molecule has 1 atom stereocenters. The van der Waals surface area contributed by atoms with Crippen molar-refractivity contribution in [1.82, 2.24) is 0 Å². The minimum atomic E-state index is -0.767. The Balaban J connectivity index is 4.31. The van der Waals surface area contributed by atoms with Crippen LogP contribution in [0.1, 0.15) is 316 Å². The highest BCUT2D eigenvalue weighted by atomic mass is 16.6. The summed E-state index contributed by atoms with van der Waals surface area (Å²) in [6.45, 7) is 6.67. The van der Waals surface area contributed by atoms with E-state index in [4.69, 9.17) is 14.2 Å². The quantitative estimate of drug-likeness (QED) is 0.0262. The van der Waals surface area contributed by atoms with Crippen molar-refractivity contribution in [2.75, 3.05) is 13.2 Å². The number of rotatable bonds is 52. The molecule has 0 aliphatic rings. The molecular weight excluding hydrogens is 781 g/mol. The van der Waals surface area contributed by atoms with Gasteiger partial charge in [-0.05, 0) is 44.9 Å². The molecule has 0 aromatic heterocycles. The smallest absolute Gasteiger partial charge is 0.306 e. The zero-order valence-electron chi connectivity index (χ0n) is 42.6. The number of ether oxygens (including phenoxy) is 3. The molecule has 0 spiro atoms. The van der Waals surface area contributed by atoms with E-state index in [0.29, 0.717) is 19.3 Å². The third-order valence-corrected chi connectivity index (χ3v) is 12.8. The van der Waals surface area contributed by atoms with Gasteiger partial charge in [0.05, 0.1) is 0 Å². The van der Waals surface area contributed by atoms with E-state index in [0.717, 1.165) is 64.2 Å². The summed E-state index contributed by atoms with van der Waals surface area (Å²) in [6.07, 6.45) is 59.1. The lowest BCUT2D eigenvalue weighted by Gasteiger charge is -2.18. The molecule has 0 aliphatic heterocycles. The minimum absolute atomic E-state index is 0.0666. The van der Waals surface area contributed by atoms with Crippen LogP contribution < -0.4 is 0 Å². The van der Waals surface area contributed by atoms with Crippen LogP contribution in [0.2, 0.25) is 0 Å². The molecule has 372 valence electrons. The van der Waals surface area contributed by atoms with Crippen molar-refractivity contribution in [3.63, 3.8) is 0 Å². The van der Waals surface area contributed by atoms with Crippen LogP contribution in [0.15, 0.2) is 12.2 Å². The van der Waals surface area contributed by atoms with Crippen LogP contribution in [0.3, 0.4) is 0 Å². The van der Waals surface area contributed by atoms with Crippen molar-refractivity contribution in [2.45, 2.75) is 322 Å². The number of hydrogen-bond donors (Lipinski definition) is 0. The Kier molecular flexibility index (Phi) is 51.2. The Bertz CT molecular complexity index is 978. The Morgan fingerprint density at radius 3 is 0.810 bits per heavy atom. The SMILES string of the molecule is CCCCCC/C=C\CCCCCCCC(=O)OC[C@H](COC(=O)CCCCCCCCCCCCCCCCCC)OC(=O)CCCCCCCCCCCCCCCCCC. The van der Waals surface area contributed by atoms with E-state index < -0.39 is 6.10 Å². The summed E-state index contributed by atoms with van der Waals surface area (Å²) >= 11 is 0. The summed E-state index contributed by atoms with van der Waals surface area (Å²) < 4.78 is 16.9. The van der Waals surface area contributed by atoms with Crippen molar-refractivity contribution in [1.29, 1.82) is 0 Å². The molecule has 0 fully saturated rings. The van der Waals surface area contributed by atoms with E-state index in [1.54, 1.807) is 0 Å². The monoisotopic (exact) mass is 889 g/mol. The standard InChI is InChI=1S/C57H108O6/c1-4-7-10-13-16-19-22-25-27-29-32-35-38-41-44-47-50-56(59)62-53-54(52-61-55(58)49-46-43-40-37-34-31-24-21-18-15-12-9-6-3)63-57(60)51-48-45-42-39-36-33-30-28-26-23-20-17-14-11-8-5-2/h21,24,54H,4-20,22-23,25-53H2,1-3H3/b24-21-/t54-/m1/s1. The van der Waals surface area contributed by atoms with Gasteiger partial charge < -0.3 is 14.2 Å². The van der Waals surface area contributed by atoms with Gasteiger partial charge in [-0.3, -0.25) is 14.4 Å². The van der Waals surface area contributed by atoms with E-state index in [-0.39, 0.29) is 31.1 Å². The van der Waals surface area contributed by atoms with E-state index in [9.17, 15) is 14.4 Å². The largest absolute Gasteiger partial charge is 0.462 e. The van der Waals surface area contributed by atoms with Gasteiger partial charge in [-0.15, -0.1) is 0 Å². The van der Waals surface area contributed by atoms with Gasteiger partial charge in [0.2, 0.25) is 0 Å². The van der Waals surface area contributed by atoms with Crippen LogP contribution in [0.25, 0.3) is 0 Å². The third-order valence-electron chi connectivity index (χ3n) is 12.8. The number of carbonyl (C=O) groups is 3. The van der Waals surface area contributed by atoms with E-state index in [1.807, 2.05) is 0 Å². The van der Waals surface area contributed by atoms with Crippen LogP contribution in [0.5, 0.6) is 0 Å². The third kappa shape index (κ3) is 51.0. The maximum atomic E-state index is 12.8. The summed E-state index contributed by atoms with van der Waals surface area (Å²) in [7, 11) is 0. The van der Waals surface area contributed by atoms with Gasteiger partial charge in [-0.1, -0.05) is 264 Å². The van der Waals surface area contributed by atoms with Gasteiger partial charge in [-0.25, -0.2) is 0 Å². The Hall–Kier alpha value is -1.85. The van der Waals surface area contributed by atoms with Gasteiger partial charge in [0.15, 0.2) is 6.10 Å². The second-order valence-corrected chi connectivity index (χ2v) is 19.2. The van der Waals surface area contributed by atoms with E-state index >= 15 is 0 Å². The highest BCUT2D eigenvalue weighted by Crippen LogP contribution is 2.17. The molecule has 0 aliphatic carbocycles. The average Bonchev–Trinajstić information content (AvgIpc) is 3.28. The molecule has 0 aromatic carbocycles. The van der Waals surface area contributed by atoms with Gasteiger partial charge in [0.25, 0.3) is 0 Å². The fourth-order valence-corrected chi connectivity index (χ4v) is 8.50. The summed E-state index contributed by atoms with van der Waals surface area (Å²) in [5.41, 5.74) is 0. The van der Waals surface area contributed by atoms with Crippen LogP contribution in [0, 0.1) is 0 Å². The molecule has 0 N–H and O–H groups in total. The first-order chi connectivity index (χ1) is 31.0. The number of carbonyl (C=O) groups excluding carboxylic acids is 3. The molecule has 63 heavy (non-hydrogen) atoms. The summed E-state index contributed by atoms with van der Waals surface area (Å²) in [4.78, 5) is 38.1. The second-order valence-electron chi connectivity index (χ2n) is 19.2. The molecule has 0 amide bonds. The number of allylic oxidation sites excluding steroid dienone is 2. The first kappa shape index (κ1) is 61.1. The molecule has 0 saturated heterocycles. The van der Waals surface area contributed by atoms with Crippen LogP contribution >= 0.6 is 0 Å². The fraction of sp³-hybridized carbons (Fsp3) is 0.912. The zero-order valence-corrected chi connectivity index (χ0v) is 42.6.